The van der Waals surface area contributed by atoms with Crippen LogP contribution in [-0.4, -0.2) is 0 Å². The van der Waals surface area contributed by atoms with Crippen molar-refractivity contribution < 1.29 is 0 Å². The van der Waals surface area contributed by atoms with Gasteiger partial charge in [0.25, 0.3) is 0 Å². The lowest BCUT2D eigenvalue weighted by atomic mass is 9.79. The quantitative estimate of drug-likeness (QED) is 0.183. The van der Waals surface area contributed by atoms with Gasteiger partial charge in [0.05, 0.1) is 0 Å². The van der Waals surface area contributed by atoms with Crippen LogP contribution in [0.2, 0.25) is 0 Å². The van der Waals surface area contributed by atoms with Crippen LogP contribution >= 0.6 is 0 Å². The molecule has 8 aromatic rings. The van der Waals surface area contributed by atoms with E-state index in [4.69, 9.17) is 0 Å². The summed E-state index contributed by atoms with van der Waals surface area (Å²) in [5.41, 5.74) is 9.55. The van der Waals surface area contributed by atoms with Crippen molar-refractivity contribution in [2.24, 2.45) is 0 Å². The van der Waals surface area contributed by atoms with Crippen LogP contribution in [0.3, 0.4) is 0 Å². The highest BCUT2D eigenvalue weighted by Crippen LogP contribution is 2.42. The summed E-state index contributed by atoms with van der Waals surface area (Å²) in [6, 6.07) is 44.2. The van der Waals surface area contributed by atoms with Crippen LogP contribution in [0.4, 0.5) is 0 Å². The molecule has 0 N–H and O–H groups in total. The predicted octanol–water partition coefficient (Wildman–Crippen LogP) is 12.9. The number of aryl methyl sites for hydroxylation is 1. The van der Waals surface area contributed by atoms with Crippen molar-refractivity contribution >= 4 is 59.9 Å². The molecule has 0 aliphatic heterocycles. The third kappa shape index (κ3) is 4.12. The van der Waals surface area contributed by atoms with Gasteiger partial charge < -0.3 is 0 Å². The predicted molar refractivity (Wildman–Crippen MR) is 197 cm³/mol. The van der Waals surface area contributed by atoms with E-state index < -0.39 is 0 Å². The van der Waals surface area contributed by atoms with Gasteiger partial charge >= 0.3 is 0 Å². The number of benzene rings is 8. The number of allylic oxidation sites excluding steroid dienone is 1. The Kier molecular flexibility index (Phi) is 5.75. The lowest BCUT2D eigenvalue weighted by Gasteiger charge is -2.25. The Bertz CT molecular complexity index is 2470. The first-order valence-electron chi connectivity index (χ1n) is 16.5. The molecule has 0 unspecified atom stereocenters. The lowest BCUT2D eigenvalue weighted by molar-refractivity contribution is 0.507. The van der Waals surface area contributed by atoms with Crippen LogP contribution in [0, 0.1) is 0 Å². The molecule has 0 atom stereocenters. The van der Waals surface area contributed by atoms with Crippen LogP contribution in [-0.2, 0) is 11.8 Å². The molecule has 45 heavy (non-hydrogen) atoms. The highest BCUT2D eigenvalue weighted by Gasteiger charge is 2.21. The van der Waals surface area contributed by atoms with Crippen molar-refractivity contribution in [3.05, 3.63) is 138 Å². The summed E-state index contributed by atoms with van der Waals surface area (Å²) in [4.78, 5) is 0. The monoisotopic (exact) mass is 576 g/mol. The minimum Gasteiger partial charge on any atom is -0.0836 e. The molecule has 0 nitrogen and oxygen atoms in total. The van der Waals surface area contributed by atoms with E-state index in [0.717, 1.165) is 19.3 Å². The average Bonchev–Trinajstić information content (AvgIpc) is 3.09. The SMILES string of the molecule is CCC(C)(C)c1cc2ccc3ccc(-c4ccc5cc(-c6ccc7c8c(ccc7c6)C=CCC8)ccc5c4)c4ccc(c1)c2c34. The van der Waals surface area contributed by atoms with Gasteiger partial charge in [-0.15, -0.1) is 0 Å². The van der Waals surface area contributed by atoms with Gasteiger partial charge in [-0.05, 0) is 136 Å². The maximum atomic E-state index is 2.42. The average molecular weight is 577 g/mol. The zero-order valence-corrected chi connectivity index (χ0v) is 26.2. The summed E-state index contributed by atoms with van der Waals surface area (Å²) < 4.78 is 0. The van der Waals surface area contributed by atoms with E-state index in [1.165, 1.54) is 92.8 Å². The number of hydrogen-bond acceptors (Lipinski definition) is 0. The first-order chi connectivity index (χ1) is 22.0. The molecule has 0 aromatic heterocycles. The smallest absolute Gasteiger partial charge is 0.00206 e. The molecule has 0 saturated carbocycles. The molecule has 1 aliphatic rings. The van der Waals surface area contributed by atoms with Crippen molar-refractivity contribution in [2.75, 3.05) is 0 Å². The Balaban J connectivity index is 1.13. The zero-order valence-electron chi connectivity index (χ0n) is 26.2. The van der Waals surface area contributed by atoms with Crippen LogP contribution in [0.5, 0.6) is 0 Å². The Hall–Kier alpha value is -4.94. The molecular weight excluding hydrogens is 540 g/mol. The van der Waals surface area contributed by atoms with Gasteiger partial charge in [-0.1, -0.05) is 130 Å². The highest BCUT2D eigenvalue weighted by molar-refractivity contribution is 6.25. The summed E-state index contributed by atoms with van der Waals surface area (Å²) in [5, 5.41) is 13.4. The molecule has 0 bridgehead atoms. The maximum Gasteiger partial charge on any atom is -0.00206 e. The van der Waals surface area contributed by atoms with E-state index in [1.807, 2.05) is 0 Å². The first kappa shape index (κ1) is 26.5. The van der Waals surface area contributed by atoms with E-state index in [-0.39, 0.29) is 5.41 Å². The van der Waals surface area contributed by atoms with Crippen LogP contribution < -0.4 is 0 Å². The summed E-state index contributed by atoms with van der Waals surface area (Å²) >= 11 is 0. The van der Waals surface area contributed by atoms with E-state index >= 15 is 0 Å². The van der Waals surface area contributed by atoms with Gasteiger partial charge in [-0.3, -0.25) is 0 Å². The molecular formula is C45H36. The first-order valence-corrected chi connectivity index (χ1v) is 16.5. The standard InChI is InChI=1S/C45H36/c1-4-45(2,3)38-26-36-16-10-29-17-20-41(42-22-19-37(27-38)43(36)44(29)42)35-15-13-31-23-30(11-12-32(31)24-35)33-18-21-40-34(25-33)14-9-28-7-5-6-8-39(28)40/h5,7,9-27H,4,6,8H2,1-3H3. The second kappa shape index (κ2) is 9.78. The molecule has 0 heteroatoms. The number of fused-ring (bicyclic) bond motifs is 4. The fourth-order valence-electron chi connectivity index (χ4n) is 7.72. The second-order valence-electron chi connectivity index (χ2n) is 13.7. The molecule has 0 radical (unpaired) electrons. The minimum atomic E-state index is 0.159. The Morgan fingerprint density at radius 2 is 1.13 bits per heavy atom. The summed E-state index contributed by atoms with van der Waals surface area (Å²) in [5.74, 6) is 0. The Morgan fingerprint density at radius 3 is 1.93 bits per heavy atom. The third-order valence-electron chi connectivity index (χ3n) is 10.8. The molecule has 1 aliphatic carbocycles. The highest BCUT2D eigenvalue weighted by atomic mass is 14.2. The molecule has 0 amide bonds. The molecule has 0 fully saturated rings. The van der Waals surface area contributed by atoms with Crippen molar-refractivity contribution in [1.29, 1.82) is 0 Å². The number of hydrogen-bond donors (Lipinski definition) is 0. The molecule has 216 valence electrons. The zero-order chi connectivity index (χ0) is 30.3. The van der Waals surface area contributed by atoms with E-state index in [2.05, 4.69) is 148 Å². The van der Waals surface area contributed by atoms with Crippen molar-refractivity contribution in [3.63, 3.8) is 0 Å². The van der Waals surface area contributed by atoms with Crippen LogP contribution in [0.15, 0.2) is 121 Å². The van der Waals surface area contributed by atoms with Crippen molar-refractivity contribution in [3.8, 4) is 22.3 Å². The Labute approximate surface area is 265 Å². The Morgan fingerprint density at radius 1 is 0.533 bits per heavy atom. The van der Waals surface area contributed by atoms with Gasteiger partial charge in [-0.2, -0.15) is 0 Å². The van der Waals surface area contributed by atoms with Gasteiger partial charge in [0.1, 0.15) is 0 Å². The largest absolute Gasteiger partial charge is 0.0836 e. The molecule has 0 saturated heterocycles. The number of rotatable bonds is 4. The van der Waals surface area contributed by atoms with Gasteiger partial charge in [0.15, 0.2) is 0 Å². The van der Waals surface area contributed by atoms with E-state index in [9.17, 15) is 0 Å². The van der Waals surface area contributed by atoms with E-state index in [0.29, 0.717) is 0 Å². The summed E-state index contributed by atoms with van der Waals surface area (Å²) in [7, 11) is 0. The topological polar surface area (TPSA) is 0 Å². The van der Waals surface area contributed by atoms with E-state index in [1.54, 1.807) is 0 Å². The minimum absolute atomic E-state index is 0.159. The maximum absolute atomic E-state index is 2.42. The molecule has 0 spiro atoms. The lowest BCUT2D eigenvalue weighted by Crippen LogP contribution is -2.15. The van der Waals surface area contributed by atoms with Crippen molar-refractivity contribution in [1.82, 2.24) is 0 Å². The fraction of sp³-hybridized carbons (Fsp3) is 0.156. The molecule has 0 heterocycles. The van der Waals surface area contributed by atoms with Gasteiger partial charge in [0.2, 0.25) is 0 Å². The van der Waals surface area contributed by atoms with Crippen molar-refractivity contribution in [2.45, 2.75) is 45.4 Å². The summed E-state index contributed by atoms with van der Waals surface area (Å²) in [6.07, 6.45) is 7.95. The van der Waals surface area contributed by atoms with Gasteiger partial charge in [0, 0.05) is 0 Å². The molecule has 9 rings (SSSR count). The molecule has 8 aromatic carbocycles. The van der Waals surface area contributed by atoms with Gasteiger partial charge in [-0.25, -0.2) is 0 Å². The van der Waals surface area contributed by atoms with Crippen LogP contribution in [0.25, 0.3) is 82.2 Å². The second-order valence-corrected chi connectivity index (χ2v) is 13.7. The third-order valence-corrected chi connectivity index (χ3v) is 10.8. The normalized spacial score (nSPS) is 13.5. The summed E-state index contributed by atoms with van der Waals surface area (Å²) in [6.45, 7) is 6.99. The van der Waals surface area contributed by atoms with Crippen LogP contribution in [0.1, 0.15) is 50.3 Å². The fourth-order valence-corrected chi connectivity index (χ4v) is 7.72.